The number of aliphatic hydroxyl groups is 1. The zero-order chi connectivity index (χ0) is 6.15. The van der Waals surface area contributed by atoms with Gasteiger partial charge in [0.15, 0.2) is 0 Å². The van der Waals surface area contributed by atoms with Crippen LogP contribution >= 0.6 is 0 Å². The highest BCUT2D eigenvalue weighted by Crippen LogP contribution is 2.06. The number of amides is 1. The lowest BCUT2D eigenvalue weighted by atomic mass is 10.1. The van der Waals surface area contributed by atoms with Gasteiger partial charge in [-0.1, -0.05) is 6.92 Å². The summed E-state index contributed by atoms with van der Waals surface area (Å²) < 4.78 is 0. The second kappa shape index (κ2) is 1.74. The predicted octanol–water partition coefficient (Wildman–Crippen LogP) is -0.887. The Bertz CT molecular complexity index is 113. The van der Waals surface area contributed by atoms with Crippen LogP contribution in [0.1, 0.15) is 6.92 Å². The molecular formula is C5H9NO2. The van der Waals surface area contributed by atoms with Gasteiger partial charge in [0, 0.05) is 12.5 Å². The molecule has 3 heteroatoms. The monoisotopic (exact) mass is 115 g/mol. The van der Waals surface area contributed by atoms with Gasteiger partial charge in [0.1, 0.15) is 6.10 Å². The van der Waals surface area contributed by atoms with Crippen LogP contribution < -0.4 is 5.32 Å². The molecule has 0 saturated carbocycles. The lowest BCUT2D eigenvalue weighted by Gasteiger charge is -2.00. The maximum Gasteiger partial charge on any atom is 0.249 e. The number of rotatable bonds is 0. The first kappa shape index (κ1) is 5.56. The van der Waals surface area contributed by atoms with Gasteiger partial charge in [0.25, 0.3) is 0 Å². The van der Waals surface area contributed by atoms with Crippen molar-refractivity contribution in [3.05, 3.63) is 0 Å². The fraction of sp³-hybridized carbons (Fsp3) is 0.800. The normalized spacial score (nSPS) is 37.5. The molecule has 0 aromatic rings. The van der Waals surface area contributed by atoms with Crippen LogP contribution in [0.5, 0.6) is 0 Å². The Morgan fingerprint density at radius 2 is 2.50 bits per heavy atom. The fourth-order valence-electron chi connectivity index (χ4n) is 0.736. The van der Waals surface area contributed by atoms with E-state index in [0.29, 0.717) is 6.54 Å². The van der Waals surface area contributed by atoms with Crippen molar-refractivity contribution in [2.24, 2.45) is 5.92 Å². The van der Waals surface area contributed by atoms with Crippen LogP contribution in [-0.2, 0) is 4.79 Å². The van der Waals surface area contributed by atoms with E-state index in [1.807, 2.05) is 6.92 Å². The van der Waals surface area contributed by atoms with Gasteiger partial charge in [0.2, 0.25) is 5.91 Å². The Labute approximate surface area is 47.7 Å². The quantitative estimate of drug-likeness (QED) is 0.430. The van der Waals surface area contributed by atoms with E-state index in [4.69, 9.17) is 5.11 Å². The van der Waals surface area contributed by atoms with Crippen LogP contribution in [0.2, 0.25) is 0 Å². The Morgan fingerprint density at radius 3 is 2.62 bits per heavy atom. The predicted molar refractivity (Wildman–Crippen MR) is 28.2 cm³/mol. The molecule has 8 heavy (non-hydrogen) atoms. The maximum atomic E-state index is 10.4. The van der Waals surface area contributed by atoms with Gasteiger partial charge in [-0.05, 0) is 0 Å². The second-order valence-electron chi connectivity index (χ2n) is 2.17. The summed E-state index contributed by atoms with van der Waals surface area (Å²) >= 11 is 0. The minimum absolute atomic E-state index is 0.0856. The fourth-order valence-corrected chi connectivity index (χ4v) is 0.736. The second-order valence-corrected chi connectivity index (χ2v) is 2.17. The molecule has 1 amide bonds. The van der Waals surface area contributed by atoms with Gasteiger partial charge in [-0.25, -0.2) is 0 Å². The van der Waals surface area contributed by atoms with Crippen LogP contribution in [0.3, 0.4) is 0 Å². The van der Waals surface area contributed by atoms with Gasteiger partial charge in [-0.3, -0.25) is 4.79 Å². The molecule has 1 aliphatic rings. The largest absolute Gasteiger partial charge is 0.383 e. The molecular weight excluding hydrogens is 106 g/mol. The third kappa shape index (κ3) is 0.690. The third-order valence-corrected chi connectivity index (χ3v) is 1.41. The van der Waals surface area contributed by atoms with Crippen LogP contribution in [0.4, 0.5) is 0 Å². The average Bonchev–Trinajstić information content (AvgIpc) is 1.98. The van der Waals surface area contributed by atoms with Gasteiger partial charge in [-0.15, -0.1) is 0 Å². The van der Waals surface area contributed by atoms with Crippen molar-refractivity contribution in [3.8, 4) is 0 Å². The van der Waals surface area contributed by atoms with Crippen molar-refractivity contribution in [1.29, 1.82) is 0 Å². The van der Waals surface area contributed by atoms with Crippen molar-refractivity contribution in [1.82, 2.24) is 5.32 Å². The molecule has 2 N–H and O–H groups in total. The summed E-state index contributed by atoms with van der Waals surface area (Å²) in [6.07, 6.45) is -0.769. The number of hydrogen-bond donors (Lipinski definition) is 2. The number of aliphatic hydroxyl groups excluding tert-OH is 1. The van der Waals surface area contributed by atoms with Gasteiger partial charge < -0.3 is 10.4 Å². The van der Waals surface area contributed by atoms with Crippen molar-refractivity contribution in [3.63, 3.8) is 0 Å². The van der Waals surface area contributed by atoms with Crippen LogP contribution in [0.15, 0.2) is 0 Å². The molecule has 0 bridgehead atoms. The van der Waals surface area contributed by atoms with Gasteiger partial charge >= 0.3 is 0 Å². The van der Waals surface area contributed by atoms with E-state index in [-0.39, 0.29) is 11.8 Å². The molecule has 0 aromatic heterocycles. The molecule has 2 unspecified atom stereocenters. The zero-order valence-electron chi connectivity index (χ0n) is 4.72. The summed E-state index contributed by atoms with van der Waals surface area (Å²) in [5.41, 5.74) is 0. The smallest absolute Gasteiger partial charge is 0.249 e. The molecule has 1 fully saturated rings. The van der Waals surface area contributed by atoms with E-state index in [2.05, 4.69) is 5.32 Å². The van der Waals surface area contributed by atoms with Crippen LogP contribution in [0.25, 0.3) is 0 Å². The summed E-state index contributed by atoms with van der Waals surface area (Å²) in [5, 5.41) is 11.4. The first-order valence-electron chi connectivity index (χ1n) is 2.67. The topological polar surface area (TPSA) is 49.3 Å². The van der Waals surface area contributed by atoms with E-state index < -0.39 is 6.10 Å². The number of carbonyl (C=O) groups is 1. The SMILES string of the molecule is CC1CNC(=O)C1O. The minimum atomic E-state index is -0.769. The molecule has 0 aromatic carbocycles. The summed E-state index contributed by atoms with van der Waals surface area (Å²) in [7, 11) is 0. The molecule has 1 aliphatic heterocycles. The standard InChI is InChI=1S/C5H9NO2/c1-3-2-6-5(8)4(3)7/h3-4,7H,2H2,1H3,(H,6,8). The number of nitrogens with one attached hydrogen (secondary N) is 1. The maximum absolute atomic E-state index is 10.4. The zero-order valence-corrected chi connectivity index (χ0v) is 4.72. The Morgan fingerprint density at radius 1 is 1.88 bits per heavy atom. The summed E-state index contributed by atoms with van der Waals surface area (Å²) in [5.74, 6) is -0.153. The Hall–Kier alpha value is -0.570. The summed E-state index contributed by atoms with van der Waals surface area (Å²) in [6.45, 7) is 2.45. The van der Waals surface area contributed by atoms with E-state index in [1.165, 1.54) is 0 Å². The van der Waals surface area contributed by atoms with Crippen LogP contribution in [0, 0.1) is 5.92 Å². The van der Waals surface area contributed by atoms with Gasteiger partial charge in [0.05, 0.1) is 0 Å². The molecule has 46 valence electrons. The van der Waals surface area contributed by atoms with E-state index in [0.717, 1.165) is 0 Å². The molecule has 1 heterocycles. The van der Waals surface area contributed by atoms with Crippen molar-refractivity contribution < 1.29 is 9.90 Å². The van der Waals surface area contributed by atoms with Crippen molar-refractivity contribution >= 4 is 5.91 Å². The summed E-state index contributed by atoms with van der Waals surface area (Å²) in [4.78, 5) is 10.4. The Kier molecular flexibility index (Phi) is 1.21. The summed E-state index contributed by atoms with van der Waals surface area (Å²) in [6, 6.07) is 0. The molecule has 0 radical (unpaired) electrons. The Balaban J connectivity index is 2.56. The van der Waals surface area contributed by atoms with E-state index >= 15 is 0 Å². The molecule has 1 saturated heterocycles. The van der Waals surface area contributed by atoms with Crippen molar-refractivity contribution in [2.45, 2.75) is 13.0 Å². The van der Waals surface area contributed by atoms with Crippen molar-refractivity contribution in [2.75, 3.05) is 6.54 Å². The number of carbonyl (C=O) groups excluding carboxylic acids is 1. The third-order valence-electron chi connectivity index (χ3n) is 1.41. The highest BCUT2D eigenvalue weighted by atomic mass is 16.3. The molecule has 0 spiro atoms. The minimum Gasteiger partial charge on any atom is -0.383 e. The molecule has 3 nitrogen and oxygen atoms in total. The van der Waals surface area contributed by atoms with Gasteiger partial charge in [-0.2, -0.15) is 0 Å². The highest BCUT2D eigenvalue weighted by molar-refractivity contribution is 5.82. The lowest BCUT2D eigenvalue weighted by Crippen LogP contribution is -2.23. The molecule has 2 atom stereocenters. The average molecular weight is 115 g/mol. The lowest BCUT2D eigenvalue weighted by molar-refractivity contribution is -0.126. The van der Waals surface area contributed by atoms with Crippen LogP contribution in [-0.4, -0.2) is 23.7 Å². The molecule has 0 aliphatic carbocycles. The van der Waals surface area contributed by atoms with E-state index in [9.17, 15) is 4.79 Å². The molecule has 1 rings (SSSR count). The van der Waals surface area contributed by atoms with E-state index in [1.54, 1.807) is 0 Å². The highest BCUT2D eigenvalue weighted by Gasteiger charge is 2.28. The number of hydrogen-bond acceptors (Lipinski definition) is 2. The first-order chi connectivity index (χ1) is 3.72. The first-order valence-corrected chi connectivity index (χ1v) is 2.67.